The molecule has 2 N–H and O–H groups in total. The monoisotopic (exact) mass is 327 g/mol. The van der Waals surface area contributed by atoms with Gasteiger partial charge in [-0.2, -0.15) is 0 Å². The Kier molecular flexibility index (Phi) is 16.2. The predicted molar refractivity (Wildman–Crippen MR) is 101 cm³/mol. The van der Waals surface area contributed by atoms with Crippen LogP contribution < -0.4 is 0 Å². The summed E-state index contributed by atoms with van der Waals surface area (Å²) in [4.78, 5) is 1.86. The lowest BCUT2D eigenvalue weighted by Crippen LogP contribution is -2.40. The summed E-state index contributed by atoms with van der Waals surface area (Å²) in [5.41, 5.74) is 0. The fourth-order valence-electron chi connectivity index (χ4n) is 2.87. The van der Waals surface area contributed by atoms with Gasteiger partial charge in [-0.05, 0) is 26.9 Å². The highest BCUT2D eigenvalue weighted by atomic mass is 16.3. The van der Waals surface area contributed by atoms with Crippen molar-refractivity contribution >= 4 is 0 Å². The van der Waals surface area contributed by atoms with Crippen LogP contribution in [0, 0.1) is 0 Å². The van der Waals surface area contributed by atoms with Crippen molar-refractivity contribution < 1.29 is 10.2 Å². The van der Waals surface area contributed by atoms with Crippen molar-refractivity contribution in [2.45, 2.75) is 96.1 Å². The summed E-state index contributed by atoms with van der Waals surface area (Å²) in [7, 11) is 3.75. The highest BCUT2D eigenvalue weighted by Crippen LogP contribution is 2.12. The summed E-state index contributed by atoms with van der Waals surface area (Å²) in [5, 5.41) is 19.2. The Hall–Kier alpha value is -0.380. The number of nitrogens with zero attached hydrogens (tertiary/aromatic N) is 1. The fourth-order valence-corrected chi connectivity index (χ4v) is 2.87. The number of rotatable bonds is 16. The third kappa shape index (κ3) is 13.7. The number of aliphatic hydroxyl groups excluding tert-OH is 2. The second kappa shape index (κ2) is 16.5. The molecule has 138 valence electrons. The molecule has 0 amide bonds. The van der Waals surface area contributed by atoms with Gasteiger partial charge in [0.25, 0.3) is 0 Å². The molecule has 0 aromatic carbocycles. The Morgan fingerprint density at radius 2 is 1.30 bits per heavy atom. The smallest absolute Gasteiger partial charge is 0.0898 e. The fraction of sp³-hybridized carbons (Fsp3) is 0.900. The zero-order valence-corrected chi connectivity index (χ0v) is 15.8. The minimum Gasteiger partial charge on any atom is -0.395 e. The maximum Gasteiger partial charge on any atom is 0.0898 e. The van der Waals surface area contributed by atoms with E-state index >= 15 is 0 Å². The second-order valence-electron chi connectivity index (χ2n) is 6.96. The van der Waals surface area contributed by atoms with Crippen LogP contribution in [-0.2, 0) is 0 Å². The van der Waals surface area contributed by atoms with Gasteiger partial charge < -0.3 is 15.1 Å². The zero-order chi connectivity index (χ0) is 17.3. The van der Waals surface area contributed by atoms with E-state index in [9.17, 15) is 10.2 Å². The van der Waals surface area contributed by atoms with Crippen molar-refractivity contribution in [1.29, 1.82) is 0 Å². The Morgan fingerprint density at radius 3 is 1.74 bits per heavy atom. The summed E-state index contributed by atoms with van der Waals surface area (Å²) in [6.07, 6.45) is 19.3. The van der Waals surface area contributed by atoms with Crippen molar-refractivity contribution in [3.05, 3.63) is 12.2 Å². The molecule has 3 nitrogen and oxygen atoms in total. The first-order chi connectivity index (χ1) is 11.1. The molecule has 0 rings (SSSR count). The molecule has 0 saturated heterocycles. The molecule has 2 unspecified atom stereocenters. The van der Waals surface area contributed by atoms with E-state index in [0.717, 1.165) is 6.42 Å². The van der Waals surface area contributed by atoms with Crippen LogP contribution in [0.3, 0.4) is 0 Å². The first kappa shape index (κ1) is 22.6. The molecule has 0 radical (unpaired) electrons. The molecular formula is C20H41NO2. The largest absolute Gasteiger partial charge is 0.395 e. The highest BCUT2D eigenvalue weighted by molar-refractivity contribution is 4.94. The van der Waals surface area contributed by atoms with E-state index in [1.165, 1.54) is 70.6 Å². The van der Waals surface area contributed by atoms with Crippen molar-refractivity contribution in [3.63, 3.8) is 0 Å². The highest BCUT2D eigenvalue weighted by Gasteiger charge is 2.17. The van der Waals surface area contributed by atoms with Crippen LogP contribution in [0.4, 0.5) is 0 Å². The van der Waals surface area contributed by atoms with Crippen molar-refractivity contribution in [3.8, 4) is 0 Å². The maximum atomic E-state index is 9.97. The number of hydrogen-bond acceptors (Lipinski definition) is 3. The Morgan fingerprint density at radius 1 is 0.826 bits per heavy atom. The summed E-state index contributed by atoms with van der Waals surface area (Å²) in [6, 6.07) is -0.205. The molecule has 0 aliphatic heterocycles. The van der Waals surface area contributed by atoms with Crippen LogP contribution in [0.5, 0.6) is 0 Å². The standard InChI is InChI=1S/C20H41NO2/c1-4-5-6-7-8-9-10-11-12-13-14-15-16-17-20(23)19(18-22)21(2)3/h16-17,19-20,22-23H,4-15,18H2,1-3H3. The van der Waals surface area contributed by atoms with Gasteiger partial charge in [-0.15, -0.1) is 0 Å². The molecule has 23 heavy (non-hydrogen) atoms. The third-order valence-electron chi connectivity index (χ3n) is 4.55. The number of aliphatic hydroxyl groups is 2. The molecule has 0 aliphatic carbocycles. The minimum atomic E-state index is -0.581. The predicted octanol–water partition coefficient (Wildman–Crippen LogP) is 4.53. The first-order valence-corrected chi connectivity index (χ1v) is 9.75. The van der Waals surface area contributed by atoms with Crippen LogP contribution in [0.2, 0.25) is 0 Å². The zero-order valence-electron chi connectivity index (χ0n) is 15.8. The summed E-state index contributed by atoms with van der Waals surface area (Å²) < 4.78 is 0. The number of hydrogen-bond donors (Lipinski definition) is 2. The minimum absolute atomic E-state index is 0.0169. The van der Waals surface area contributed by atoms with Crippen molar-refractivity contribution in [2.75, 3.05) is 20.7 Å². The first-order valence-electron chi connectivity index (χ1n) is 9.75. The molecule has 0 aromatic rings. The van der Waals surface area contributed by atoms with Crippen LogP contribution >= 0.6 is 0 Å². The lowest BCUT2D eigenvalue weighted by molar-refractivity contribution is 0.0672. The second-order valence-corrected chi connectivity index (χ2v) is 6.96. The van der Waals surface area contributed by atoms with Gasteiger partial charge in [-0.25, -0.2) is 0 Å². The van der Waals surface area contributed by atoms with Gasteiger partial charge in [0.2, 0.25) is 0 Å². The topological polar surface area (TPSA) is 43.7 Å². The van der Waals surface area contributed by atoms with Gasteiger partial charge in [0.05, 0.1) is 18.8 Å². The molecule has 3 heteroatoms. The van der Waals surface area contributed by atoms with Crippen molar-refractivity contribution in [1.82, 2.24) is 4.90 Å². The SMILES string of the molecule is CCCCCCCCCCCCCC=CC(O)C(CO)N(C)C. The number of likely N-dealkylation sites (N-methyl/N-ethyl adjacent to an activating group) is 1. The molecule has 0 spiro atoms. The lowest BCUT2D eigenvalue weighted by atomic mass is 10.0. The number of allylic oxidation sites excluding steroid dienone is 1. The molecule has 0 aliphatic rings. The van der Waals surface area contributed by atoms with Gasteiger partial charge in [0.15, 0.2) is 0 Å². The van der Waals surface area contributed by atoms with Crippen molar-refractivity contribution in [2.24, 2.45) is 0 Å². The lowest BCUT2D eigenvalue weighted by Gasteiger charge is -2.25. The van der Waals surface area contributed by atoms with E-state index in [2.05, 4.69) is 13.0 Å². The van der Waals surface area contributed by atoms with E-state index in [1.807, 2.05) is 25.1 Å². The van der Waals surface area contributed by atoms with E-state index < -0.39 is 6.10 Å². The molecule has 0 saturated carbocycles. The van der Waals surface area contributed by atoms with Gasteiger partial charge in [-0.3, -0.25) is 0 Å². The third-order valence-corrected chi connectivity index (χ3v) is 4.55. The average molecular weight is 328 g/mol. The van der Waals surface area contributed by atoms with Crippen LogP contribution in [0.1, 0.15) is 84.0 Å². The molecule has 2 atom stereocenters. The summed E-state index contributed by atoms with van der Waals surface area (Å²) in [5.74, 6) is 0. The molecular weight excluding hydrogens is 286 g/mol. The molecule has 0 heterocycles. The molecule has 0 aromatic heterocycles. The quantitative estimate of drug-likeness (QED) is 0.323. The van der Waals surface area contributed by atoms with E-state index in [4.69, 9.17) is 0 Å². The summed E-state index contributed by atoms with van der Waals surface area (Å²) >= 11 is 0. The molecule has 0 fully saturated rings. The van der Waals surface area contributed by atoms with E-state index in [0.29, 0.717) is 0 Å². The average Bonchev–Trinajstić information content (AvgIpc) is 2.52. The van der Waals surface area contributed by atoms with Gasteiger partial charge in [-0.1, -0.05) is 83.3 Å². The van der Waals surface area contributed by atoms with Gasteiger partial charge >= 0.3 is 0 Å². The maximum absolute atomic E-state index is 9.97. The van der Waals surface area contributed by atoms with E-state index in [-0.39, 0.29) is 12.6 Å². The van der Waals surface area contributed by atoms with Crippen LogP contribution in [-0.4, -0.2) is 48.0 Å². The normalized spacial score (nSPS) is 14.7. The van der Waals surface area contributed by atoms with Crippen LogP contribution in [0.25, 0.3) is 0 Å². The van der Waals surface area contributed by atoms with Gasteiger partial charge in [0, 0.05) is 0 Å². The molecule has 0 bridgehead atoms. The Bertz CT molecular complexity index is 266. The number of unbranched alkanes of at least 4 members (excludes halogenated alkanes) is 11. The van der Waals surface area contributed by atoms with Gasteiger partial charge in [0.1, 0.15) is 0 Å². The van der Waals surface area contributed by atoms with E-state index in [1.54, 1.807) is 0 Å². The Balaban J connectivity index is 3.40. The summed E-state index contributed by atoms with van der Waals surface area (Å²) in [6.45, 7) is 2.25. The Labute approximate surface area is 144 Å². The van der Waals surface area contributed by atoms with Crippen LogP contribution in [0.15, 0.2) is 12.2 Å².